The lowest BCUT2D eigenvalue weighted by molar-refractivity contribution is -0.134. The molecule has 63 heavy (non-hydrogen) atoms. The highest BCUT2D eigenvalue weighted by Gasteiger charge is 2.31. The second kappa shape index (κ2) is 19.4. The van der Waals surface area contributed by atoms with Crippen molar-refractivity contribution in [1.82, 2.24) is 35.6 Å². The number of hydrogen-bond acceptors (Lipinski definition) is 12. The summed E-state index contributed by atoms with van der Waals surface area (Å²) in [6.45, 7) is 5.53. The van der Waals surface area contributed by atoms with E-state index < -0.39 is 35.2 Å². The standard InChI is InChI=1S/C45H46F3N11O4/c46-36-4-2-1-3-34(36)44(63)52-31-11-9-30(10-12-31)51-41-38(48)27-50-45(55-41)53-32-7-5-29(6-8-32)42(61)56-59-19-16-28(17-20-59)15-18-57-21-23-58(24-22-57)39-25-37(47)35(26-49-39)33-13-14-40(60)54-43(33)62/h1-12,25-28,33H,13-24H2,(H,52,63)(H,56,61)(H,54,60,62)(H2,50,51,53,55). The van der Waals surface area contributed by atoms with Crippen molar-refractivity contribution >= 4 is 58.3 Å². The van der Waals surface area contributed by atoms with Crippen molar-refractivity contribution in [2.75, 3.05) is 66.7 Å². The first-order valence-electron chi connectivity index (χ1n) is 20.9. The van der Waals surface area contributed by atoms with Gasteiger partial charge in [-0.2, -0.15) is 4.98 Å². The fraction of sp³-hybridized carbons (Fsp3) is 0.311. The maximum Gasteiger partial charge on any atom is 0.265 e. The number of aromatic nitrogens is 3. The molecular weight excluding hydrogens is 816 g/mol. The number of piperazine rings is 1. The van der Waals surface area contributed by atoms with E-state index in [1.807, 2.05) is 5.01 Å². The first kappa shape index (κ1) is 42.8. The van der Waals surface area contributed by atoms with Crippen LogP contribution in [0.25, 0.3) is 0 Å². The lowest BCUT2D eigenvalue weighted by Crippen LogP contribution is -2.48. The summed E-state index contributed by atoms with van der Waals surface area (Å²) in [6.07, 6.45) is 5.88. The van der Waals surface area contributed by atoms with Crippen molar-refractivity contribution in [2.45, 2.75) is 38.0 Å². The zero-order valence-corrected chi connectivity index (χ0v) is 34.3. The molecule has 1 atom stereocenters. The van der Waals surface area contributed by atoms with Crippen LogP contribution in [0.5, 0.6) is 0 Å². The van der Waals surface area contributed by atoms with Crippen LogP contribution < -0.4 is 31.6 Å². The first-order chi connectivity index (χ1) is 30.5. The van der Waals surface area contributed by atoms with E-state index in [-0.39, 0.29) is 47.5 Å². The maximum atomic E-state index is 15.1. The largest absolute Gasteiger partial charge is 0.354 e. The number of anilines is 6. The minimum atomic E-state index is -0.709. The van der Waals surface area contributed by atoms with E-state index in [9.17, 15) is 28.0 Å². The van der Waals surface area contributed by atoms with E-state index >= 15 is 4.39 Å². The first-order valence-corrected chi connectivity index (χ1v) is 20.9. The predicted octanol–water partition coefficient (Wildman–Crippen LogP) is 6.12. The number of rotatable bonds is 13. The summed E-state index contributed by atoms with van der Waals surface area (Å²) < 4.78 is 43.7. The molecule has 3 aliphatic rings. The van der Waals surface area contributed by atoms with Crippen molar-refractivity contribution in [1.29, 1.82) is 0 Å². The Hall–Kier alpha value is -6.92. The van der Waals surface area contributed by atoms with Crippen LogP contribution in [0.3, 0.4) is 0 Å². The minimum absolute atomic E-state index is 0.0823. The van der Waals surface area contributed by atoms with Crippen molar-refractivity contribution in [2.24, 2.45) is 5.92 Å². The van der Waals surface area contributed by atoms with Crippen LogP contribution in [-0.4, -0.2) is 94.3 Å². The molecule has 15 nitrogen and oxygen atoms in total. The molecule has 0 saturated carbocycles. The van der Waals surface area contributed by atoms with Crippen LogP contribution >= 0.6 is 0 Å². The van der Waals surface area contributed by atoms with Crippen molar-refractivity contribution < 1.29 is 32.3 Å². The van der Waals surface area contributed by atoms with Gasteiger partial charge in [-0.25, -0.2) is 28.1 Å². The van der Waals surface area contributed by atoms with Crippen LogP contribution in [-0.2, 0) is 9.59 Å². The number of amides is 4. The second-order valence-corrected chi connectivity index (χ2v) is 15.8. The van der Waals surface area contributed by atoms with Gasteiger partial charge in [0, 0.05) is 86.1 Å². The summed E-state index contributed by atoms with van der Waals surface area (Å²) in [6, 6.07) is 20.3. The van der Waals surface area contributed by atoms with Gasteiger partial charge in [0.2, 0.25) is 17.8 Å². The van der Waals surface area contributed by atoms with Gasteiger partial charge in [-0.1, -0.05) is 12.1 Å². The molecule has 4 amide bonds. The highest BCUT2D eigenvalue weighted by Crippen LogP contribution is 2.29. The molecule has 0 spiro atoms. The molecular formula is C45H46F3N11O4. The molecule has 0 bridgehead atoms. The zero-order chi connectivity index (χ0) is 43.9. The molecule has 0 aliphatic carbocycles. The summed E-state index contributed by atoms with van der Waals surface area (Å²) in [5, 5.41) is 12.8. The number of benzene rings is 3. The Labute approximate surface area is 361 Å². The van der Waals surface area contributed by atoms with E-state index in [0.717, 1.165) is 58.2 Å². The topological polar surface area (TPSA) is 177 Å². The van der Waals surface area contributed by atoms with Gasteiger partial charge in [-0.15, -0.1) is 0 Å². The lowest BCUT2D eigenvalue weighted by Gasteiger charge is -2.37. The molecule has 1 unspecified atom stereocenters. The number of hydrogen-bond donors (Lipinski definition) is 5. The number of piperidine rings is 2. The zero-order valence-electron chi connectivity index (χ0n) is 34.3. The third-order valence-corrected chi connectivity index (χ3v) is 11.6. The van der Waals surface area contributed by atoms with Crippen molar-refractivity contribution in [3.8, 4) is 0 Å². The number of carbonyl (C=O) groups is 4. The Kier molecular flexibility index (Phi) is 13.2. The van der Waals surface area contributed by atoms with E-state index in [2.05, 4.69) is 51.4 Å². The minimum Gasteiger partial charge on any atom is -0.354 e. The maximum absolute atomic E-state index is 15.1. The Morgan fingerprint density at radius 2 is 1.43 bits per heavy atom. The van der Waals surface area contributed by atoms with Crippen LogP contribution in [0.4, 0.5) is 47.8 Å². The van der Waals surface area contributed by atoms with Crippen LogP contribution in [0.2, 0.25) is 0 Å². The summed E-state index contributed by atoms with van der Waals surface area (Å²) in [7, 11) is 0. The van der Waals surface area contributed by atoms with E-state index in [1.165, 1.54) is 30.5 Å². The molecule has 326 valence electrons. The Morgan fingerprint density at radius 3 is 2.14 bits per heavy atom. The molecule has 3 saturated heterocycles. The van der Waals surface area contributed by atoms with Gasteiger partial charge in [-0.05, 0) is 98.8 Å². The van der Waals surface area contributed by atoms with Gasteiger partial charge in [0.1, 0.15) is 17.5 Å². The average molecular weight is 862 g/mol. The highest BCUT2D eigenvalue weighted by molar-refractivity contribution is 6.04. The smallest absolute Gasteiger partial charge is 0.265 e. The Bertz CT molecular complexity index is 2460. The van der Waals surface area contributed by atoms with Gasteiger partial charge in [0.25, 0.3) is 11.8 Å². The third kappa shape index (κ3) is 10.8. The number of halogens is 3. The number of carbonyl (C=O) groups excluding carboxylic acids is 4. The van der Waals surface area contributed by atoms with Crippen molar-refractivity contribution in [3.63, 3.8) is 0 Å². The molecule has 18 heteroatoms. The third-order valence-electron chi connectivity index (χ3n) is 11.6. The number of nitrogens with zero attached hydrogens (tertiary/aromatic N) is 6. The fourth-order valence-electron chi connectivity index (χ4n) is 7.92. The van der Waals surface area contributed by atoms with Crippen LogP contribution in [0.15, 0.2) is 91.3 Å². The molecule has 5 aromatic rings. The predicted molar refractivity (Wildman–Crippen MR) is 230 cm³/mol. The molecule has 3 aromatic carbocycles. The molecule has 3 aliphatic heterocycles. The van der Waals surface area contributed by atoms with Gasteiger partial charge in [0.15, 0.2) is 11.6 Å². The van der Waals surface area contributed by atoms with Gasteiger partial charge in [0.05, 0.1) is 17.7 Å². The van der Waals surface area contributed by atoms with Crippen LogP contribution in [0, 0.1) is 23.4 Å². The number of hydrazine groups is 1. The Morgan fingerprint density at radius 1 is 0.730 bits per heavy atom. The SMILES string of the molecule is O=C1CCC(c2cnc(N3CCN(CCC4CCN(NC(=O)c5ccc(Nc6ncc(F)c(Nc7ccc(NC(=O)c8ccccc8F)cc7)n6)cc5)CC4)CC3)cc2F)C(=O)N1. The Balaban J connectivity index is 0.742. The fourth-order valence-corrected chi connectivity index (χ4v) is 7.92. The summed E-state index contributed by atoms with van der Waals surface area (Å²) in [5.41, 5.74) is 5.13. The number of imide groups is 1. The number of nitrogens with one attached hydrogen (secondary N) is 5. The molecule has 8 rings (SSSR count). The summed E-state index contributed by atoms with van der Waals surface area (Å²) in [5.74, 6) is -3.01. The highest BCUT2D eigenvalue weighted by atomic mass is 19.1. The van der Waals surface area contributed by atoms with E-state index in [1.54, 1.807) is 54.6 Å². The quantitative estimate of drug-likeness (QED) is 0.0860. The lowest BCUT2D eigenvalue weighted by atomic mass is 9.91. The molecule has 3 fully saturated rings. The molecule has 5 N–H and O–H groups in total. The summed E-state index contributed by atoms with van der Waals surface area (Å²) in [4.78, 5) is 66.5. The summed E-state index contributed by atoms with van der Waals surface area (Å²) >= 11 is 0. The van der Waals surface area contributed by atoms with Crippen molar-refractivity contribution in [3.05, 3.63) is 125 Å². The van der Waals surface area contributed by atoms with Gasteiger partial charge in [-0.3, -0.25) is 34.8 Å². The van der Waals surface area contributed by atoms with E-state index in [0.29, 0.717) is 47.5 Å². The second-order valence-electron chi connectivity index (χ2n) is 15.8. The normalized spacial score (nSPS) is 17.5. The van der Waals surface area contributed by atoms with Crippen LogP contribution in [0.1, 0.15) is 64.3 Å². The average Bonchev–Trinajstić information content (AvgIpc) is 3.29. The van der Waals surface area contributed by atoms with Gasteiger partial charge < -0.3 is 20.9 Å². The molecule has 2 aromatic heterocycles. The molecule has 0 radical (unpaired) electrons. The monoisotopic (exact) mass is 861 g/mol. The molecule has 5 heterocycles. The number of pyridine rings is 1. The van der Waals surface area contributed by atoms with Gasteiger partial charge >= 0.3 is 0 Å². The van der Waals surface area contributed by atoms with E-state index in [4.69, 9.17) is 0 Å².